The van der Waals surface area contributed by atoms with Crippen molar-refractivity contribution < 1.29 is 28.9 Å². The van der Waals surface area contributed by atoms with Gasteiger partial charge in [0.05, 0.1) is 25.3 Å². The van der Waals surface area contributed by atoms with Crippen LogP contribution in [0.3, 0.4) is 0 Å². The molecular formula is C35H33NO6. The summed E-state index contributed by atoms with van der Waals surface area (Å²) in [6.45, 7) is 4.92. The standard InChI is InChI=1S/C35H33NO6/c1-4-41-29-15-10-24(11-16-29)21-36-32(26-12-17-28(40-3)18-13-26)31(34(38)35(36)39)33(37)27-14-19-30(23(2)20-27)42-22-25-8-6-5-7-9-25/h5-20,32,37H,4,21-22H2,1-3H3/b33-31-. The van der Waals surface area contributed by atoms with Crippen molar-refractivity contribution in [1.82, 2.24) is 4.90 Å². The molecule has 42 heavy (non-hydrogen) atoms. The summed E-state index contributed by atoms with van der Waals surface area (Å²) in [5.74, 6) is 0.386. The van der Waals surface area contributed by atoms with E-state index in [4.69, 9.17) is 14.2 Å². The molecule has 0 radical (unpaired) electrons. The van der Waals surface area contributed by atoms with Gasteiger partial charge in [0.25, 0.3) is 11.7 Å². The van der Waals surface area contributed by atoms with E-state index in [-0.39, 0.29) is 17.9 Å². The summed E-state index contributed by atoms with van der Waals surface area (Å²) in [6.07, 6.45) is 0. The Bertz CT molecular complexity index is 1590. The molecule has 0 saturated carbocycles. The van der Waals surface area contributed by atoms with Crippen molar-refractivity contribution >= 4 is 17.4 Å². The number of carbonyl (C=O) groups excluding carboxylic acids is 2. The van der Waals surface area contributed by atoms with E-state index in [2.05, 4.69) is 0 Å². The van der Waals surface area contributed by atoms with E-state index in [0.717, 1.165) is 22.4 Å². The first-order chi connectivity index (χ1) is 20.4. The van der Waals surface area contributed by atoms with Crippen LogP contribution in [0.25, 0.3) is 5.76 Å². The fourth-order valence-corrected chi connectivity index (χ4v) is 5.08. The van der Waals surface area contributed by atoms with Gasteiger partial charge in [0.1, 0.15) is 29.6 Å². The molecule has 1 atom stereocenters. The lowest BCUT2D eigenvalue weighted by molar-refractivity contribution is -0.140. The van der Waals surface area contributed by atoms with Gasteiger partial charge in [0, 0.05) is 12.1 Å². The van der Waals surface area contributed by atoms with Crippen molar-refractivity contribution in [1.29, 1.82) is 0 Å². The molecule has 0 spiro atoms. The minimum Gasteiger partial charge on any atom is -0.507 e. The topological polar surface area (TPSA) is 85.3 Å². The number of ether oxygens (including phenoxy) is 3. The second-order valence-electron chi connectivity index (χ2n) is 10.0. The van der Waals surface area contributed by atoms with E-state index >= 15 is 0 Å². The van der Waals surface area contributed by atoms with Gasteiger partial charge in [0.15, 0.2) is 0 Å². The molecule has 214 valence electrons. The predicted molar refractivity (Wildman–Crippen MR) is 160 cm³/mol. The van der Waals surface area contributed by atoms with Crippen LogP contribution < -0.4 is 14.2 Å². The summed E-state index contributed by atoms with van der Waals surface area (Å²) < 4.78 is 16.8. The Hall–Kier alpha value is -5.04. The molecule has 1 heterocycles. The van der Waals surface area contributed by atoms with Crippen LogP contribution in [0.2, 0.25) is 0 Å². The molecule has 4 aromatic rings. The lowest BCUT2D eigenvalue weighted by Crippen LogP contribution is -2.29. The molecule has 5 rings (SSSR count). The van der Waals surface area contributed by atoms with Gasteiger partial charge in [-0.25, -0.2) is 0 Å². The van der Waals surface area contributed by atoms with Crippen molar-refractivity contribution in [2.24, 2.45) is 0 Å². The molecular weight excluding hydrogens is 530 g/mol. The van der Waals surface area contributed by atoms with E-state index in [1.54, 1.807) is 49.6 Å². The third-order valence-electron chi connectivity index (χ3n) is 7.24. The first-order valence-electron chi connectivity index (χ1n) is 13.8. The Morgan fingerprint density at radius 3 is 2.17 bits per heavy atom. The normalized spacial score (nSPS) is 16.0. The molecule has 1 aliphatic heterocycles. The number of aliphatic hydroxyl groups excluding tert-OH is 1. The Balaban J connectivity index is 1.50. The highest BCUT2D eigenvalue weighted by molar-refractivity contribution is 6.46. The molecule has 1 aliphatic rings. The van der Waals surface area contributed by atoms with Gasteiger partial charge in [0.2, 0.25) is 0 Å². The number of aryl methyl sites for hydroxylation is 1. The first kappa shape index (κ1) is 28.5. The number of benzene rings is 4. The highest BCUT2D eigenvalue weighted by Crippen LogP contribution is 2.41. The zero-order valence-electron chi connectivity index (χ0n) is 23.9. The molecule has 1 N–H and O–H groups in total. The Kier molecular flexibility index (Phi) is 8.58. The molecule has 4 aromatic carbocycles. The number of ketones is 1. The number of likely N-dealkylation sites (tertiary alicyclic amines) is 1. The van der Waals surface area contributed by atoms with Gasteiger partial charge in [-0.2, -0.15) is 0 Å². The molecule has 1 amide bonds. The summed E-state index contributed by atoms with van der Waals surface area (Å²) in [6, 6.07) is 28.8. The monoisotopic (exact) mass is 563 g/mol. The molecule has 0 aromatic heterocycles. The number of carbonyl (C=O) groups is 2. The highest BCUT2D eigenvalue weighted by atomic mass is 16.5. The fraction of sp³-hybridized carbons (Fsp3) is 0.200. The lowest BCUT2D eigenvalue weighted by atomic mass is 9.94. The van der Waals surface area contributed by atoms with Crippen LogP contribution in [-0.4, -0.2) is 35.4 Å². The lowest BCUT2D eigenvalue weighted by Gasteiger charge is -2.25. The number of hydrogen-bond donors (Lipinski definition) is 1. The van der Waals surface area contributed by atoms with Crippen molar-refractivity contribution in [3.05, 3.63) is 130 Å². The Morgan fingerprint density at radius 2 is 1.52 bits per heavy atom. The summed E-state index contributed by atoms with van der Waals surface area (Å²) in [7, 11) is 1.57. The maximum atomic E-state index is 13.5. The molecule has 7 nitrogen and oxygen atoms in total. The molecule has 7 heteroatoms. The summed E-state index contributed by atoms with van der Waals surface area (Å²) in [5, 5.41) is 11.5. The number of Topliss-reactive ketones (excluding diaryl/α,β-unsaturated/α-hetero) is 1. The van der Waals surface area contributed by atoms with Gasteiger partial charge in [-0.05, 0) is 78.6 Å². The van der Waals surface area contributed by atoms with Crippen LogP contribution in [0.4, 0.5) is 0 Å². The average Bonchev–Trinajstić information content (AvgIpc) is 3.26. The van der Waals surface area contributed by atoms with Crippen LogP contribution >= 0.6 is 0 Å². The second-order valence-corrected chi connectivity index (χ2v) is 10.0. The fourth-order valence-electron chi connectivity index (χ4n) is 5.08. The predicted octanol–water partition coefficient (Wildman–Crippen LogP) is 6.60. The number of amides is 1. The molecule has 0 bridgehead atoms. The maximum absolute atomic E-state index is 13.5. The van der Waals surface area contributed by atoms with E-state index in [0.29, 0.717) is 35.8 Å². The first-order valence-corrected chi connectivity index (χ1v) is 13.8. The van der Waals surface area contributed by atoms with Gasteiger partial charge in [-0.1, -0.05) is 54.6 Å². The summed E-state index contributed by atoms with van der Waals surface area (Å²) >= 11 is 0. The number of nitrogens with zero attached hydrogens (tertiary/aromatic N) is 1. The number of hydrogen-bond acceptors (Lipinski definition) is 6. The highest BCUT2D eigenvalue weighted by Gasteiger charge is 2.46. The average molecular weight is 564 g/mol. The zero-order chi connectivity index (χ0) is 29.6. The van der Waals surface area contributed by atoms with Gasteiger partial charge in [-0.15, -0.1) is 0 Å². The van der Waals surface area contributed by atoms with Crippen LogP contribution in [0.15, 0.2) is 103 Å². The summed E-state index contributed by atoms with van der Waals surface area (Å²) in [4.78, 5) is 28.4. The van der Waals surface area contributed by atoms with Gasteiger partial charge in [-0.3, -0.25) is 9.59 Å². The third kappa shape index (κ3) is 6.00. The molecule has 1 unspecified atom stereocenters. The van der Waals surface area contributed by atoms with Gasteiger partial charge < -0.3 is 24.2 Å². The molecule has 0 aliphatic carbocycles. The maximum Gasteiger partial charge on any atom is 0.295 e. The number of rotatable bonds is 10. The second kappa shape index (κ2) is 12.6. The molecule has 1 saturated heterocycles. The largest absolute Gasteiger partial charge is 0.507 e. The van der Waals surface area contributed by atoms with Crippen molar-refractivity contribution in [2.75, 3.05) is 13.7 Å². The quantitative estimate of drug-likeness (QED) is 0.133. The molecule has 1 fully saturated rings. The Labute approximate surface area is 245 Å². The van der Waals surface area contributed by atoms with Crippen LogP contribution in [0, 0.1) is 6.92 Å². The smallest absolute Gasteiger partial charge is 0.295 e. The van der Waals surface area contributed by atoms with Crippen LogP contribution in [0.1, 0.15) is 40.8 Å². The van der Waals surface area contributed by atoms with Crippen molar-refractivity contribution in [3.8, 4) is 17.2 Å². The van der Waals surface area contributed by atoms with E-state index in [1.165, 1.54) is 4.90 Å². The van der Waals surface area contributed by atoms with Crippen LogP contribution in [0.5, 0.6) is 17.2 Å². The zero-order valence-corrected chi connectivity index (χ0v) is 23.9. The van der Waals surface area contributed by atoms with E-state index in [9.17, 15) is 14.7 Å². The Morgan fingerprint density at radius 1 is 0.833 bits per heavy atom. The van der Waals surface area contributed by atoms with Crippen molar-refractivity contribution in [2.45, 2.75) is 33.0 Å². The number of methoxy groups -OCH3 is 1. The third-order valence-corrected chi connectivity index (χ3v) is 7.24. The van der Waals surface area contributed by atoms with Crippen molar-refractivity contribution in [3.63, 3.8) is 0 Å². The summed E-state index contributed by atoms with van der Waals surface area (Å²) in [5.41, 5.74) is 3.80. The number of aliphatic hydroxyl groups is 1. The minimum atomic E-state index is -0.795. The van der Waals surface area contributed by atoms with Crippen LogP contribution in [-0.2, 0) is 22.7 Å². The van der Waals surface area contributed by atoms with E-state index in [1.807, 2.05) is 68.4 Å². The minimum absolute atomic E-state index is 0.0356. The van der Waals surface area contributed by atoms with Gasteiger partial charge >= 0.3 is 0 Å². The SMILES string of the molecule is CCOc1ccc(CN2C(=O)C(=O)/C(=C(\O)c3ccc(OCc4ccccc4)c(C)c3)C2c2ccc(OC)cc2)cc1. The van der Waals surface area contributed by atoms with E-state index < -0.39 is 17.7 Å².